The minimum Gasteiger partial charge on any atom is -0.352 e. The Morgan fingerprint density at radius 3 is 3.06 bits per heavy atom. The van der Waals surface area contributed by atoms with Crippen molar-refractivity contribution in [2.24, 2.45) is 0 Å². The Morgan fingerprint density at radius 1 is 1.39 bits per heavy atom. The molecule has 0 amide bonds. The van der Waals surface area contributed by atoms with E-state index in [1.165, 1.54) is 12.8 Å². The highest BCUT2D eigenvalue weighted by Gasteiger charge is 2.25. The lowest BCUT2D eigenvalue weighted by Gasteiger charge is -2.26. The van der Waals surface area contributed by atoms with Gasteiger partial charge in [-0.05, 0) is 25.8 Å². The predicted octanol–water partition coefficient (Wildman–Crippen LogP) is 2.01. The smallest absolute Gasteiger partial charge is 0.132 e. The monoisotopic (exact) mass is 248 g/mol. The number of rotatable bonds is 6. The average molecular weight is 248 g/mol. The van der Waals surface area contributed by atoms with Crippen LogP contribution >= 0.6 is 0 Å². The highest BCUT2D eigenvalue weighted by molar-refractivity contribution is 5.41. The van der Waals surface area contributed by atoms with Crippen molar-refractivity contribution in [1.29, 1.82) is 0 Å². The van der Waals surface area contributed by atoms with Crippen LogP contribution in [0.5, 0.6) is 0 Å². The van der Waals surface area contributed by atoms with Crippen LogP contribution in [0.15, 0.2) is 12.4 Å². The number of hydrogen-bond donors (Lipinski definition) is 1. The van der Waals surface area contributed by atoms with Crippen molar-refractivity contribution in [3.8, 4) is 0 Å². The van der Waals surface area contributed by atoms with Gasteiger partial charge in [0, 0.05) is 30.9 Å². The molecule has 0 aromatic carbocycles. The van der Waals surface area contributed by atoms with Crippen molar-refractivity contribution in [1.82, 2.24) is 15.3 Å². The quantitative estimate of drug-likeness (QED) is 0.836. The van der Waals surface area contributed by atoms with Crippen LogP contribution in [0.3, 0.4) is 0 Å². The number of likely N-dealkylation sites (N-methyl/N-ethyl adjacent to an activating group) is 1. The Bertz CT molecular complexity index is 367. The number of aryl methyl sites for hydroxylation is 1. The average Bonchev–Trinajstić information content (AvgIpc) is 2.85. The summed E-state index contributed by atoms with van der Waals surface area (Å²) in [6.45, 7) is 7.56. The number of aromatic nitrogens is 2. The number of anilines is 1. The zero-order chi connectivity index (χ0) is 12.8. The van der Waals surface area contributed by atoms with Gasteiger partial charge in [0.2, 0.25) is 0 Å². The first-order valence-electron chi connectivity index (χ1n) is 7.13. The molecule has 1 aromatic heterocycles. The van der Waals surface area contributed by atoms with Crippen LogP contribution < -0.4 is 10.2 Å². The summed E-state index contributed by atoms with van der Waals surface area (Å²) in [5.74, 6) is 1.11. The molecule has 4 nitrogen and oxygen atoms in total. The molecule has 2 rings (SSSR count). The van der Waals surface area contributed by atoms with Crippen LogP contribution in [-0.2, 0) is 6.42 Å². The largest absolute Gasteiger partial charge is 0.352 e. The fourth-order valence-corrected chi connectivity index (χ4v) is 2.60. The fraction of sp³-hybridized carbons (Fsp3) is 0.714. The van der Waals surface area contributed by atoms with Crippen molar-refractivity contribution in [3.63, 3.8) is 0 Å². The van der Waals surface area contributed by atoms with E-state index in [1.54, 1.807) is 6.33 Å². The molecule has 1 N–H and O–H groups in total. The van der Waals surface area contributed by atoms with Crippen LogP contribution in [0.2, 0.25) is 0 Å². The van der Waals surface area contributed by atoms with Crippen molar-refractivity contribution in [3.05, 3.63) is 18.1 Å². The molecule has 0 saturated carbocycles. The van der Waals surface area contributed by atoms with E-state index >= 15 is 0 Å². The van der Waals surface area contributed by atoms with Gasteiger partial charge in [-0.2, -0.15) is 0 Å². The summed E-state index contributed by atoms with van der Waals surface area (Å²) in [5, 5.41) is 3.44. The normalized spacial score (nSPS) is 19.4. The molecule has 1 saturated heterocycles. The fourth-order valence-electron chi connectivity index (χ4n) is 2.60. The van der Waals surface area contributed by atoms with Crippen molar-refractivity contribution >= 4 is 5.82 Å². The van der Waals surface area contributed by atoms with E-state index in [9.17, 15) is 0 Å². The molecule has 0 radical (unpaired) electrons. The molecular weight excluding hydrogens is 224 g/mol. The van der Waals surface area contributed by atoms with Gasteiger partial charge in [-0.3, -0.25) is 0 Å². The second-order valence-corrected chi connectivity index (χ2v) is 4.91. The first kappa shape index (κ1) is 13.3. The van der Waals surface area contributed by atoms with Crippen LogP contribution in [0.25, 0.3) is 0 Å². The lowest BCUT2D eigenvalue weighted by Crippen LogP contribution is -2.38. The highest BCUT2D eigenvalue weighted by Crippen LogP contribution is 2.23. The molecule has 100 valence electrons. The van der Waals surface area contributed by atoms with Crippen LogP contribution in [-0.4, -0.2) is 35.6 Å². The van der Waals surface area contributed by atoms with E-state index in [0.29, 0.717) is 6.04 Å². The lowest BCUT2D eigenvalue weighted by atomic mass is 10.2. The minimum absolute atomic E-state index is 0.592. The molecule has 1 unspecified atom stereocenters. The molecule has 1 aliphatic heterocycles. The van der Waals surface area contributed by atoms with Gasteiger partial charge >= 0.3 is 0 Å². The Labute approximate surface area is 110 Å². The van der Waals surface area contributed by atoms with Gasteiger partial charge in [0.15, 0.2) is 0 Å². The molecule has 4 heteroatoms. The standard InChI is InChI=1S/C14H24N4/c1-3-6-12-9-14(17-11-16-12)18-8-5-7-13(18)10-15-4-2/h9,11,13,15H,3-8,10H2,1-2H3. The van der Waals surface area contributed by atoms with E-state index in [-0.39, 0.29) is 0 Å². The van der Waals surface area contributed by atoms with Gasteiger partial charge in [0.25, 0.3) is 0 Å². The van der Waals surface area contributed by atoms with Crippen molar-refractivity contribution in [2.75, 3.05) is 24.5 Å². The summed E-state index contributed by atoms with van der Waals surface area (Å²) in [5.41, 5.74) is 1.16. The minimum atomic E-state index is 0.592. The van der Waals surface area contributed by atoms with Gasteiger partial charge in [0.05, 0.1) is 0 Å². The summed E-state index contributed by atoms with van der Waals surface area (Å²) >= 11 is 0. The van der Waals surface area contributed by atoms with Gasteiger partial charge < -0.3 is 10.2 Å². The van der Waals surface area contributed by atoms with Crippen molar-refractivity contribution in [2.45, 2.75) is 45.6 Å². The first-order valence-corrected chi connectivity index (χ1v) is 7.13. The Hall–Kier alpha value is -1.16. The summed E-state index contributed by atoms with van der Waals surface area (Å²) < 4.78 is 0. The van der Waals surface area contributed by atoms with E-state index in [4.69, 9.17) is 0 Å². The van der Waals surface area contributed by atoms with E-state index in [2.05, 4.69) is 40.1 Å². The predicted molar refractivity (Wildman–Crippen MR) is 74.9 cm³/mol. The molecule has 2 heterocycles. The molecule has 1 aliphatic rings. The lowest BCUT2D eigenvalue weighted by molar-refractivity contribution is 0.584. The topological polar surface area (TPSA) is 41.0 Å². The van der Waals surface area contributed by atoms with Gasteiger partial charge in [-0.15, -0.1) is 0 Å². The molecule has 18 heavy (non-hydrogen) atoms. The third-order valence-electron chi connectivity index (χ3n) is 3.52. The first-order chi connectivity index (χ1) is 8.85. The Morgan fingerprint density at radius 2 is 2.28 bits per heavy atom. The van der Waals surface area contributed by atoms with Crippen molar-refractivity contribution < 1.29 is 0 Å². The van der Waals surface area contributed by atoms with Gasteiger partial charge in [-0.25, -0.2) is 9.97 Å². The molecule has 0 bridgehead atoms. The van der Waals surface area contributed by atoms with E-state index in [1.807, 2.05) is 0 Å². The van der Waals surface area contributed by atoms with Crippen LogP contribution in [0, 0.1) is 0 Å². The zero-order valence-electron chi connectivity index (χ0n) is 11.5. The Kier molecular flexibility index (Phi) is 4.93. The maximum absolute atomic E-state index is 4.45. The second-order valence-electron chi connectivity index (χ2n) is 4.91. The van der Waals surface area contributed by atoms with E-state index in [0.717, 1.165) is 44.0 Å². The van der Waals surface area contributed by atoms with E-state index < -0.39 is 0 Å². The molecule has 1 fully saturated rings. The van der Waals surface area contributed by atoms with Crippen LogP contribution in [0.1, 0.15) is 38.8 Å². The maximum atomic E-state index is 4.45. The molecule has 0 aliphatic carbocycles. The summed E-state index contributed by atoms with van der Waals surface area (Å²) in [6, 6.07) is 2.75. The third kappa shape index (κ3) is 3.19. The number of hydrogen-bond acceptors (Lipinski definition) is 4. The number of nitrogens with one attached hydrogen (secondary N) is 1. The highest BCUT2D eigenvalue weighted by atomic mass is 15.2. The summed E-state index contributed by atoms with van der Waals surface area (Å²) in [4.78, 5) is 11.2. The Balaban J connectivity index is 2.06. The SMILES string of the molecule is CCCc1cc(N2CCCC2CNCC)ncn1. The molecule has 0 spiro atoms. The third-order valence-corrected chi connectivity index (χ3v) is 3.52. The zero-order valence-corrected chi connectivity index (χ0v) is 11.5. The van der Waals surface area contributed by atoms with Crippen LogP contribution in [0.4, 0.5) is 5.82 Å². The number of nitrogens with zero attached hydrogens (tertiary/aromatic N) is 3. The summed E-state index contributed by atoms with van der Waals surface area (Å²) in [7, 11) is 0. The molecule has 1 aromatic rings. The molecular formula is C14H24N4. The molecule has 1 atom stereocenters. The van der Waals surface area contributed by atoms with Gasteiger partial charge in [-0.1, -0.05) is 20.3 Å². The second kappa shape index (κ2) is 6.69. The maximum Gasteiger partial charge on any atom is 0.132 e. The summed E-state index contributed by atoms with van der Waals surface area (Å²) in [6.07, 6.45) is 6.42. The van der Waals surface area contributed by atoms with Gasteiger partial charge in [0.1, 0.15) is 12.1 Å².